The molecule has 0 atom stereocenters. The highest BCUT2D eigenvalue weighted by atomic mass is 16.3. The van der Waals surface area contributed by atoms with Gasteiger partial charge < -0.3 is 16.2 Å². The van der Waals surface area contributed by atoms with Crippen molar-refractivity contribution in [2.24, 2.45) is 0 Å². The van der Waals surface area contributed by atoms with E-state index in [2.05, 4.69) is 15.3 Å². The van der Waals surface area contributed by atoms with Crippen LogP contribution in [0.3, 0.4) is 0 Å². The second kappa shape index (κ2) is 4.65. The highest BCUT2D eigenvalue weighted by Gasteiger charge is 2.20. The molecule has 1 fully saturated rings. The molecule has 16 heavy (non-hydrogen) atoms. The van der Waals surface area contributed by atoms with Gasteiger partial charge in [0.25, 0.3) is 0 Å². The molecule has 1 saturated carbocycles. The first-order chi connectivity index (χ1) is 7.66. The van der Waals surface area contributed by atoms with E-state index in [1.54, 1.807) is 0 Å². The predicted molar refractivity (Wildman–Crippen MR) is 63.1 cm³/mol. The Morgan fingerprint density at radius 3 is 2.69 bits per heavy atom. The number of aliphatic hydroxyl groups excluding tert-OH is 1. The molecule has 0 unspecified atom stereocenters. The molecular formula is C11H18N4O. The zero-order valence-corrected chi connectivity index (χ0v) is 9.48. The summed E-state index contributed by atoms with van der Waals surface area (Å²) in [6, 6.07) is 0.386. The summed E-state index contributed by atoms with van der Waals surface area (Å²) in [4.78, 5) is 8.12. The maximum atomic E-state index is 9.42. The van der Waals surface area contributed by atoms with E-state index >= 15 is 0 Å². The number of aromatic nitrogens is 2. The van der Waals surface area contributed by atoms with Crippen LogP contribution in [0.2, 0.25) is 0 Å². The number of aliphatic hydroxyl groups is 1. The molecule has 1 aromatic heterocycles. The van der Waals surface area contributed by atoms with Crippen LogP contribution >= 0.6 is 0 Å². The summed E-state index contributed by atoms with van der Waals surface area (Å²) in [6.45, 7) is 1.91. The maximum Gasteiger partial charge on any atom is 0.134 e. The molecule has 2 rings (SSSR count). The second-order valence-electron chi connectivity index (χ2n) is 4.38. The van der Waals surface area contributed by atoms with Gasteiger partial charge in [0.2, 0.25) is 0 Å². The molecule has 1 heterocycles. The van der Waals surface area contributed by atoms with Gasteiger partial charge in [-0.25, -0.2) is 9.97 Å². The fourth-order valence-corrected chi connectivity index (χ4v) is 2.02. The van der Waals surface area contributed by atoms with Crippen LogP contribution in [0, 0.1) is 6.92 Å². The molecular weight excluding hydrogens is 204 g/mol. The van der Waals surface area contributed by atoms with Gasteiger partial charge in [0.1, 0.15) is 18.0 Å². The molecule has 4 N–H and O–H groups in total. The van der Waals surface area contributed by atoms with E-state index in [1.165, 1.54) is 6.33 Å². The third-order valence-corrected chi connectivity index (χ3v) is 3.16. The van der Waals surface area contributed by atoms with Crippen LogP contribution in [-0.4, -0.2) is 27.2 Å². The summed E-state index contributed by atoms with van der Waals surface area (Å²) in [7, 11) is 0. The molecule has 0 bridgehead atoms. The van der Waals surface area contributed by atoms with Gasteiger partial charge in [0.15, 0.2) is 0 Å². The number of hydrogen-bond donors (Lipinski definition) is 3. The van der Waals surface area contributed by atoms with Crippen LogP contribution in [0.5, 0.6) is 0 Å². The highest BCUT2D eigenvalue weighted by molar-refractivity contribution is 5.54. The normalized spacial score (nSPS) is 25.4. The van der Waals surface area contributed by atoms with E-state index in [0.29, 0.717) is 11.9 Å². The first kappa shape index (κ1) is 11.1. The van der Waals surface area contributed by atoms with Crippen molar-refractivity contribution in [3.05, 3.63) is 11.9 Å². The highest BCUT2D eigenvalue weighted by Crippen LogP contribution is 2.23. The Labute approximate surface area is 95.1 Å². The summed E-state index contributed by atoms with van der Waals surface area (Å²) in [5.41, 5.74) is 6.61. The van der Waals surface area contributed by atoms with Crippen molar-refractivity contribution in [1.82, 2.24) is 9.97 Å². The smallest absolute Gasteiger partial charge is 0.134 e. The molecule has 5 nitrogen and oxygen atoms in total. The van der Waals surface area contributed by atoms with E-state index in [1.807, 2.05) is 6.92 Å². The van der Waals surface area contributed by atoms with Gasteiger partial charge >= 0.3 is 0 Å². The number of nitrogens with two attached hydrogens (primary N) is 1. The van der Waals surface area contributed by atoms with Crippen LogP contribution in [0.1, 0.15) is 31.2 Å². The Balaban J connectivity index is 2.01. The second-order valence-corrected chi connectivity index (χ2v) is 4.38. The Morgan fingerprint density at radius 2 is 2.00 bits per heavy atom. The zero-order chi connectivity index (χ0) is 11.5. The lowest BCUT2D eigenvalue weighted by atomic mass is 9.93. The summed E-state index contributed by atoms with van der Waals surface area (Å²) < 4.78 is 0. The molecule has 0 radical (unpaired) electrons. The topological polar surface area (TPSA) is 84.1 Å². The molecule has 0 saturated heterocycles. The quantitative estimate of drug-likeness (QED) is 0.697. The van der Waals surface area contributed by atoms with Crippen molar-refractivity contribution in [2.75, 3.05) is 11.1 Å². The van der Waals surface area contributed by atoms with E-state index in [9.17, 15) is 5.11 Å². The third kappa shape index (κ3) is 2.41. The van der Waals surface area contributed by atoms with Crippen LogP contribution < -0.4 is 11.1 Å². The lowest BCUT2D eigenvalue weighted by Gasteiger charge is -2.27. The lowest BCUT2D eigenvalue weighted by Crippen LogP contribution is -2.29. The van der Waals surface area contributed by atoms with Crippen molar-refractivity contribution >= 4 is 11.6 Å². The Kier molecular flexibility index (Phi) is 3.24. The largest absolute Gasteiger partial charge is 0.393 e. The summed E-state index contributed by atoms with van der Waals surface area (Å²) in [6.07, 6.45) is 5.01. The van der Waals surface area contributed by atoms with Crippen molar-refractivity contribution in [1.29, 1.82) is 0 Å². The van der Waals surface area contributed by atoms with Gasteiger partial charge in [-0.1, -0.05) is 0 Å². The molecule has 1 aromatic rings. The van der Waals surface area contributed by atoms with Gasteiger partial charge in [-0.05, 0) is 32.6 Å². The predicted octanol–water partition coefficient (Wildman–Crippen LogP) is 1.08. The van der Waals surface area contributed by atoms with Crippen molar-refractivity contribution in [3.63, 3.8) is 0 Å². The SMILES string of the molecule is Cc1c(N)ncnc1NC1CCC(O)CC1. The zero-order valence-electron chi connectivity index (χ0n) is 9.48. The fraction of sp³-hybridized carbons (Fsp3) is 0.636. The monoisotopic (exact) mass is 222 g/mol. The summed E-state index contributed by atoms with van der Waals surface area (Å²) in [5.74, 6) is 1.34. The van der Waals surface area contributed by atoms with Crippen LogP contribution in [0.15, 0.2) is 6.33 Å². The molecule has 1 aliphatic carbocycles. The Hall–Kier alpha value is -1.36. The van der Waals surface area contributed by atoms with Gasteiger partial charge in [-0.2, -0.15) is 0 Å². The third-order valence-electron chi connectivity index (χ3n) is 3.16. The first-order valence-electron chi connectivity index (χ1n) is 5.68. The standard InChI is InChI=1S/C11H18N4O/c1-7-10(12)13-6-14-11(7)15-8-2-4-9(16)5-3-8/h6,8-9,16H,2-5H2,1H3,(H3,12,13,14,15). The van der Waals surface area contributed by atoms with E-state index in [4.69, 9.17) is 5.73 Å². The number of nitrogen functional groups attached to an aromatic ring is 1. The summed E-state index contributed by atoms with van der Waals surface area (Å²) >= 11 is 0. The first-order valence-corrected chi connectivity index (χ1v) is 5.68. The van der Waals surface area contributed by atoms with Crippen LogP contribution in [0.4, 0.5) is 11.6 Å². The average molecular weight is 222 g/mol. The molecule has 0 amide bonds. The van der Waals surface area contributed by atoms with Crippen molar-refractivity contribution < 1.29 is 5.11 Å². The van der Waals surface area contributed by atoms with E-state index < -0.39 is 0 Å². The fourth-order valence-electron chi connectivity index (χ4n) is 2.02. The number of nitrogens with zero attached hydrogens (tertiary/aromatic N) is 2. The van der Waals surface area contributed by atoms with E-state index in [0.717, 1.165) is 37.1 Å². The van der Waals surface area contributed by atoms with Gasteiger partial charge in [0, 0.05) is 11.6 Å². The minimum absolute atomic E-state index is 0.130. The number of hydrogen-bond acceptors (Lipinski definition) is 5. The minimum Gasteiger partial charge on any atom is -0.393 e. The van der Waals surface area contributed by atoms with Gasteiger partial charge in [-0.15, -0.1) is 0 Å². The molecule has 5 heteroatoms. The molecule has 0 spiro atoms. The molecule has 1 aliphatic rings. The van der Waals surface area contributed by atoms with Crippen molar-refractivity contribution in [3.8, 4) is 0 Å². The van der Waals surface area contributed by atoms with Gasteiger partial charge in [-0.3, -0.25) is 0 Å². The summed E-state index contributed by atoms with van der Waals surface area (Å²) in [5, 5.41) is 12.8. The molecule has 0 aliphatic heterocycles. The maximum absolute atomic E-state index is 9.42. The van der Waals surface area contributed by atoms with Gasteiger partial charge in [0.05, 0.1) is 6.10 Å². The minimum atomic E-state index is -0.130. The Bertz CT molecular complexity index is 361. The lowest BCUT2D eigenvalue weighted by molar-refractivity contribution is 0.126. The molecule has 88 valence electrons. The number of rotatable bonds is 2. The van der Waals surface area contributed by atoms with E-state index in [-0.39, 0.29) is 6.10 Å². The van der Waals surface area contributed by atoms with Crippen molar-refractivity contribution in [2.45, 2.75) is 44.8 Å². The average Bonchev–Trinajstić information content (AvgIpc) is 2.28. The molecule has 0 aromatic carbocycles. The van der Waals surface area contributed by atoms with Crippen LogP contribution in [-0.2, 0) is 0 Å². The van der Waals surface area contributed by atoms with Crippen LogP contribution in [0.25, 0.3) is 0 Å². The Morgan fingerprint density at radius 1 is 1.31 bits per heavy atom. The number of anilines is 2. The number of nitrogens with one attached hydrogen (secondary N) is 1.